The van der Waals surface area contributed by atoms with Gasteiger partial charge in [0.1, 0.15) is 11.9 Å². The van der Waals surface area contributed by atoms with Gasteiger partial charge in [-0.15, -0.1) is 0 Å². The summed E-state index contributed by atoms with van der Waals surface area (Å²) in [6, 6.07) is 11.5. The molecular weight excluding hydrogens is 472 g/mol. The molecule has 4 rings (SSSR count). The number of methoxy groups -OCH3 is 1. The molecule has 1 aromatic heterocycles. The minimum absolute atomic E-state index is 0.0656. The summed E-state index contributed by atoms with van der Waals surface area (Å²) in [5, 5.41) is 4.92. The van der Waals surface area contributed by atoms with Crippen LogP contribution in [-0.4, -0.2) is 46.6 Å². The third-order valence-electron chi connectivity index (χ3n) is 5.99. The van der Waals surface area contributed by atoms with Crippen molar-refractivity contribution in [1.29, 1.82) is 0 Å². The zero-order valence-corrected chi connectivity index (χ0v) is 20.0. The number of amides is 2. The Morgan fingerprint density at radius 3 is 2.72 bits per heavy atom. The molecule has 0 bridgehead atoms. The Morgan fingerprint density at radius 2 is 1.97 bits per heavy atom. The summed E-state index contributed by atoms with van der Waals surface area (Å²) in [7, 11) is 1.30. The van der Waals surface area contributed by atoms with E-state index in [1.165, 1.54) is 7.11 Å². The fraction of sp³-hybridized carbons (Fsp3) is 0.375. The summed E-state index contributed by atoms with van der Waals surface area (Å²) < 4.78 is 5.75. The number of ether oxygens (including phenoxy) is 1. The number of rotatable bonds is 5. The third kappa shape index (κ3) is 4.24. The van der Waals surface area contributed by atoms with Gasteiger partial charge in [0.25, 0.3) is 0 Å². The summed E-state index contributed by atoms with van der Waals surface area (Å²) in [5.74, 6) is 0.586. The van der Waals surface area contributed by atoms with Gasteiger partial charge in [0.05, 0.1) is 18.8 Å². The van der Waals surface area contributed by atoms with Gasteiger partial charge in [-0.05, 0) is 35.6 Å². The van der Waals surface area contributed by atoms with E-state index in [0.717, 1.165) is 45.2 Å². The normalized spacial score (nSPS) is 17.0. The number of likely N-dealkylation sites (tertiary alicyclic amines) is 1. The number of halogens is 1. The molecule has 0 spiro atoms. The number of imidazole rings is 1. The molecule has 0 saturated carbocycles. The molecule has 1 aliphatic rings. The molecule has 1 aliphatic heterocycles. The molecule has 1 unspecified atom stereocenters. The van der Waals surface area contributed by atoms with Crippen molar-refractivity contribution in [3.05, 3.63) is 52.9 Å². The van der Waals surface area contributed by atoms with Gasteiger partial charge in [-0.1, -0.05) is 60.1 Å². The van der Waals surface area contributed by atoms with Crippen LogP contribution in [0, 0.1) is 5.92 Å². The van der Waals surface area contributed by atoms with E-state index >= 15 is 0 Å². The molecule has 32 heavy (non-hydrogen) atoms. The Kier molecular flexibility index (Phi) is 6.50. The van der Waals surface area contributed by atoms with Crippen molar-refractivity contribution < 1.29 is 14.3 Å². The molecule has 2 aromatic carbocycles. The zero-order valence-electron chi connectivity index (χ0n) is 18.4. The molecule has 2 heterocycles. The molecule has 2 N–H and O–H groups in total. The van der Waals surface area contributed by atoms with E-state index in [1.807, 2.05) is 43.1 Å². The number of hydrogen-bond acceptors (Lipinski definition) is 4. The number of H-pyrrole nitrogens is 1. The van der Waals surface area contributed by atoms with Crippen LogP contribution in [0.1, 0.15) is 38.6 Å². The van der Waals surface area contributed by atoms with Crippen LogP contribution in [-0.2, 0) is 9.53 Å². The number of hydrogen-bond donors (Lipinski definition) is 2. The number of nitrogens with zero attached hydrogens (tertiary/aromatic N) is 2. The average molecular weight is 499 g/mol. The summed E-state index contributed by atoms with van der Waals surface area (Å²) in [6.07, 6.45) is 3.01. The predicted molar refractivity (Wildman–Crippen MR) is 127 cm³/mol. The smallest absolute Gasteiger partial charge is 0.407 e. The predicted octanol–water partition coefficient (Wildman–Crippen LogP) is 5.04. The first-order chi connectivity index (χ1) is 15.4. The first-order valence-electron chi connectivity index (χ1n) is 10.8. The van der Waals surface area contributed by atoms with Crippen molar-refractivity contribution in [3.63, 3.8) is 0 Å². The fourth-order valence-electron chi connectivity index (χ4n) is 4.33. The summed E-state index contributed by atoms with van der Waals surface area (Å²) in [4.78, 5) is 35.1. The van der Waals surface area contributed by atoms with E-state index < -0.39 is 12.1 Å². The van der Waals surface area contributed by atoms with Crippen LogP contribution in [0.5, 0.6) is 0 Å². The highest BCUT2D eigenvalue weighted by Gasteiger charge is 2.37. The van der Waals surface area contributed by atoms with Crippen LogP contribution in [0.25, 0.3) is 22.0 Å². The Labute approximate surface area is 195 Å². The van der Waals surface area contributed by atoms with Gasteiger partial charge >= 0.3 is 6.09 Å². The van der Waals surface area contributed by atoms with Gasteiger partial charge in [-0.3, -0.25) is 4.79 Å². The molecule has 2 amide bonds. The maximum absolute atomic E-state index is 13.3. The Morgan fingerprint density at radius 1 is 1.22 bits per heavy atom. The molecule has 8 heteroatoms. The molecular formula is C24H27BrN4O3. The second-order valence-electron chi connectivity index (χ2n) is 8.36. The molecule has 0 radical (unpaired) electrons. The van der Waals surface area contributed by atoms with Gasteiger partial charge in [-0.2, -0.15) is 0 Å². The standard InChI is InChI=1S/C24H27BrN4O3/c1-14(2)21(28-24(31)32-3)23(30)29-12-6-11-20(29)22-26-13-19(27-22)17-9-4-8-16-15(17)7-5-10-18(16)25/h4-5,7-10,13-14,20-21H,6,11-12H2,1-3H3,(H,26,27)(H,28,31)/t20-,21?/m0/s1. The first kappa shape index (κ1) is 22.3. The maximum Gasteiger partial charge on any atom is 0.407 e. The lowest BCUT2D eigenvalue weighted by Crippen LogP contribution is -2.51. The van der Waals surface area contributed by atoms with E-state index in [0.29, 0.717) is 6.54 Å². The Bertz CT molecular complexity index is 1140. The number of alkyl carbamates (subject to hydrolysis) is 1. The number of fused-ring (bicyclic) bond motifs is 1. The Balaban J connectivity index is 1.62. The van der Waals surface area contributed by atoms with Gasteiger partial charge in [0.2, 0.25) is 5.91 Å². The second kappa shape index (κ2) is 9.32. The van der Waals surface area contributed by atoms with Crippen LogP contribution in [0.3, 0.4) is 0 Å². The third-order valence-corrected chi connectivity index (χ3v) is 6.68. The van der Waals surface area contributed by atoms with Crippen molar-refractivity contribution >= 4 is 38.7 Å². The summed E-state index contributed by atoms with van der Waals surface area (Å²) >= 11 is 3.62. The number of benzene rings is 2. The summed E-state index contributed by atoms with van der Waals surface area (Å²) in [5.41, 5.74) is 1.88. The van der Waals surface area contributed by atoms with Crippen LogP contribution in [0.15, 0.2) is 47.1 Å². The second-order valence-corrected chi connectivity index (χ2v) is 9.21. The zero-order chi connectivity index (χ0) is 22.8. The first-order valence-corrected chi connectivity index (χ1v) is 11.6. The topological polar surface area (TPSA) is 87.3 Å². The van der Waals surface area contributed by atoms with Gasteiger partial charge in [0.15, 0.2) is 0 Å². The van der Waals surface area contributed by atoms with Crippen molar-refractivity contribution in [3.8, 4) is 11.3 Å². The number of carbonyl (C=O) groups is 2. The SMILES string of the molecule is COC(=O)NC(C(=O)N1CCC[C@H]1c1nc(-c2cccc3c(Br)cccc23)c[nH]1)C(C)C. The largest absolute Gasteiger partial charge is 0.453 e. The average Bonchev–Trinajstić information content (AvgIpc) is 3.46. The van der Waals surface area contributed by atoms with E-state index in [-0.39, 0.29) is 17.9 Å². The maximum atomic E-state index is 13.3. The van der Waals surface area contributed by atoms with Crippen molar-refractivity contribution in [2.45, 2.75) is 38.8 Å². The highest BCUT2D eigenvalue weighted by molar-refractivity contribution is 9.10. The molecule has 2 atom stereocenters. The molecule has 1 saturated heterocycles. The van der Waals surface area contributed by atoms with Crippen LogP contribution in [0.2, 0.25) is 0 Å². The van der Waals surface area contributed by atoms with E-state index in [2.05, 4.69) is 44.4 Å². The molecule has 168 valence electrons. The number of carbonyl (C=O) groups excluding carboxylic acids is 2. The quantitative estimate of drug-likeness (QED) is 0.515. The minimum Gasteiger partial charge on any atom is -0.453 e. The number of aromatic nitrogens is 2. The molecule has 0 aliphatic carbocycles. The fourth-order valence-corrected chi connectivity index (χ4v) is 4.83. The van der Waals surface area contributed by atoms with Gasteiger partial charge < -0.3 is 19.9 Å². The van der Waals surface area contributed by atoms with E-state index in [9.17, 15) is 9.59 Å². The van der Waals surface area contributed by atoms with Gasteiger partial charge in [0, 0.05) is 22.8 Å². The van der Waals surface area contributed by atoms with E-state index in [1.54, 1.807) is 0 Å². The lowest BCUT2D eigenvalue weighted by atomic mass is 10.0. The number of aromatic amines is 1. The van der Waals surface area contributed by atoms with Crippen LogP contribution >= 0.6 is 15.9 Å². The lowest BCUT2D eigenvalue weighted by molar-refractivity contribution is -0.135. The molecule has 7 nitrogen and oxygen atoms in total. The van der Waals surface area contributed by atoms with Gasteiger partial charge in [-0.25, -0.2) is 9.78 Å². The lowest BCUT2D eigenvalue weighted by Gasteiger charge is -2.29. The van der Waals surface area contributed by atoms with Crippen molar-refractivity contribution in [2.75, 3.05) is 13.7 Å². The van der Waals surface area contributed by atoms with Crippen LogP contribution in [0.4, 0.5) is 4.79 Å². The minimum atomic E-state index is -0.645. The van der Waals surface area contributed by atoms with Crippen molar-refractivity contribution in [2.24, 2.45) is 5.92 Å². The highest BCUT2D eigenvalue weighted by atomic mass is 79.9. The molecule has 1 fully saturated rings. The summed E-state index contributed by atoms with van der Waals surface area (Å²) in [6.45, 7) is 4.45. The monoisotopic (exact) mass is 498 g/mol. The Hall–Kier alpha value is -2.87. The molecule has 3 aromatic rings. The highest BCUT2D eigenvalue weighted by Crippen LogP contribution is 2.35. The van der Waals surface area contributed by atoms with Crippen molar-refractivity contribution in [1.82, 2.24) is 20.2 Å². The van der Waals surface area contributed by atoms with Crippen LogP contribution < -0.4 is 5.32 Å². The van der Waals surface area contributed by atoms with E-state index in [4.69, 9.17) is 9.72 Å². The number of nitrogens with one attached hydrogen (secondary N) is 2.